The number of hydrogen-bond donors (Lipinski definition) is 1. The van der Waals surface area contributed by atoms with Crippen LogP contribution in [0.25, 0.3) is 0 Å². The SMILES string of the molecule is C=CCC(CCCN)(C(=O)[O-])[N+](C)(C)C. The summed E-state index contributed by atoms with van der Waals surface area (Å²) in [5.74, 6) is -1.02. The Kier molecular flexibility index (Phi) is 4.97. The molecule has 0 aliphatic rings. The van der Waals surface area contributed by atoms with Crippen molar-refractivity contribution in [1.29, 1.82) is 0 Å². The van der Waals surface area contributed by atoms with E-state index in [1.54, 1.807) is 6.08 Å². The largest absolute Gasteiger partial charge is 0.544 e. The predicted octanol–water partition coefficient (Wildman–Crippen LogP) is -0.504. The number of quaternary nitrogens is 1. The van der Waals surface area contributed by atoms with Crippen LogP contribution in [0, 0.1) is 0 Å². The van der Waals surface area contributed by atoms with E-state index in [0.29, 0.717) is 30.3 Å². The topological polar surface area (TPSA) is 66.2 Å². The van der Waals surface area contributed by atoms with E-state index in [1.807, 2.05) is 21.1 Å². The lowest BCUT2D eigenvalue weighted by atomic mass is 9.86. The third-order valence-corrected chi connectivity index (χ3v) is 2.94. The molecule has 0 aromatic carbocycles. The number of carboxylic acids is 1. The number of carbonyl (C=O) groups is 1. The Morgan fingerprint density at radius 2 is 2.07 bits per heavy atom. The molecular weight excluding hydrogens is 192 g/mol. The Labute approximate surface area is 92.0 Å². The second kappa shape index (κ2) is 5.28. The van der Waals surface area contributed by atoms with Crippen LogP contribution in [0.4, 0.5) is 0 Å². The Hall–Kier alpha value is -0.870. The summed E-state index contributed by atoms with van der Waals surface area (Å²) in [6.45, 7) is 4.11. The highest BCUT2D eigenvalue weighted by Crippen LogP contribution is 2.28. The van der Waals surface area contributed by atoms with Gasteiger partial charge in [-0.25, -0.2) is 0 Å². The zero-order chi connectivity index (χ0) is 12.1. The van der Waals surface area contributed by atoms with E-state index in [9.17, 15) is 9.90 Å². The van der Waals surface area contributed by atoms with E-state index >= 15 is 0 Å². The molecule has 0 aliphatic carbocycles. The average Bonchev–Trinajstić information content (AvgIpc) is 2.09. The van der Waals surface area contributed by atoms with Gasteiger partial charge in [-0.3, -0.25) is 0 Å². The molecule has 0 radical (unpaired) electrons. The van der Waals surface area contributed by atoms with E-state index in [4.69, 9.17) is 5.73 Å². The molecule has 0 saturated heterocycles. The molecule has 0 heterocycles. The molecule has 4 heteroatoms. The molecular formula is C11H22N2O2. The van der Waals surface area contributed by atoms with Crippen LogP contribution in [0.15, 0.2) is 12.7 Å². The number of carbonyl (C=O) groups excluding carboxylic acids is 1. The van der Waals surface area contributed by atoms with Gasteiger partial charge < -0.3 is 20.1 Å². The Morgan fingerprint density at radius 1 is 1.53 bits per heavy atom. The van der Waals surface area contributed by atoms with Gasteiger partial charge in [0.1, 0.15) is 11.5 Å². The minimum absolute atomic E-state index is 0.321. The van der Waals surface area contributed by atoms with Gasteiger partial charge in [0.15, 0.2) is 0 Å². The fourth-order valence-electron chi connectivity index (χ4n) is 1.80. The van der Waals surface area contributed by atoms with Crippen molar-refractivity contribution in [3.8, 4) is 0 Å². The molecule has 0 saturated carbocycles. The molecule has 0 aliphatic heterocycles. The van der Waals surface area contributed by atoms with E-state index in [2.05, 4.69) is 6.58 Å². The normalized spacial score (nSPS) is 15.7. The summed E-state index contributed by atoms with van der Waals surface area (Å²) >= 11 is 0. The summed E-state index contributed by atoms with van der Waals surface area (Å²) in [6.07, 6.45) is 3.23. The lowest BCUT2D eigenvalue weighted by Crippen LogP contribution is -2.66. The van der Waals surface area contributed by atoms with Crippen molar-refractivity contribution in [3.63, 3.8) is 0 Å². The molecule has 0 rings (SSSR count). The lowest BCUT2D eigenvalue weighted by Gasteiger charge is -2.46. The summed E-state index contributed by atoms with van der Waals surface area (Å²) in [5.41, 5.74) is 4.51. The van der Waals surface area contributed by atoms with E-state index in [0.717, 1.165) is 0 Å². The van der Waals surface area contributed by atoms with Crippen molar-refractivity contribution in [3.05, 3.63) is 12.7 Å². The molecule has 88 valence electrons. The summed E-state index contributed by atoms with van der Waals surface area (Å²) in [6, 6.07) is 0. The van der Waals surface area contributed by atoms with Crippen molar-refractivity contribution in [2.24, 2.45) is 5.73 Å². The average molecular weight is 214 g/mol. The van der Waals surface area contributed by atoms with Gasteiger partial charge in [-0.05, 0) is 13.0 Å². The van der Waals surface area contributed by atoms with Crippen LogP contribution in [0.2, 0.25) is 0 Å². The van der Waals surface area contributed by atoms with Crippen molar-refractivity contribution < 1.29 is 14.4 Å². The lowest BCUT2D eigenvalue weighted by molar-refractivity contribution is -0.916. The number of rotatable bonds is 7. The highest BCUT2D eigenvalue weighted by atomic mass is 16.4. The van der Waals surface area contributed by atoms with Crippen molar-refractivity contribution in [2.45, 2.75) is 24.8 Å². The predicted molar refractivity (Wildman–Crippen MR) is 58.9 cm³/mol. The van der Waals surface area contributed by atoms with Crippen molar-refractivity contribution in [2.75, 3.05) is 27.7 Å². The molecule has 15 heavy (non-hydrogen) atoms. The summed E-state index contributed by atoms with van der Waals surface area (Å²) < 4.78 is 0.321. The first-order valence-electron chi connectivity index (χ1n) is 5.16. The second-order valence-electron chi connectivity index (χ2n) is 4.72. The van der Waals surface area contributed by atoms with Gasteiger partial charge in [0, 0.05) is 12.8 Å². The van der Waals surface area contributed by atoms with Gasteiger partial charge >= 0.3 is 0 Å². The zero-order valence-corrected chi connectivity index (χ0v) is 9.95. The van der Waals surface area contributed by atoms with Gasteiger partial charge in [-0.2, -0.15) is 0 Å². The minimum Gasteiger partial charge on any atom is -0.544 e. The number of nitrogens with zero attached hydrogens (tertiary/aromatic N) is 1. The smallest absolute Gasteiger partial charge is 0.142 e. The fraction of sp³-hybridized carbons (Fsp3) is 0.727. The molecule has 0 spiro atoms. The number of nitrogens with two attached hydrogens (primary N) is 1. The maximum Gasteiger partial charge on any atom is 0.142 e. The summed E-state index contributed by atoms with van der Waals surface area (Å²) in [5, 5.41) is 11.3. The number of aliphatic carboxylic acids is 1. The van der Waals surface area contributed by atoms with E-state index < -0.39 is 11.5 Å². The maximum absolute atomic E-state index is 11.3. The van der Waals surface area contributed by atoms with Crippen LogP contribution in [0.5, 0.6) is 0 Å². The Morgan fingerprint density at radius 3 is 2.33 bits per heavy atom. The first-order chi connectivity index (χ1) is 6.81. The van der Waals surface area contributed by atoms with E-state index in [1.165, 1.54) is 0 Å². The van der Waals surface area contributed by atoms with E-state index in [-0.39, 0.29) is 0 Å². The third-order valence-electron chi connectivity index (χ3n) is 2.94. The van der Waals surface area contributed by atoms with Crippen LogP contribution >= 0.6 is 0 Å². The van der Waals surface area contributed by atoms with Crippen LogP contribution in [-0.4, -0.2) is 43.7 Å². The maximum atomic E-state index is 11.3. The Bertz CT molecular complexity index is 233. The molecule has 1 atom stereocenters. The van der Waals surface area contributed by atoms with Crippen LogP contribution in [0.3, 0.4) is 0 Å². The molecule has 0 fully saturated rings. The van der Waals surface area contributed by atoms with Gasteiger partial charge in [0.05, 0.1) is 21.1 Å². The summed E-state index contributed by atoms with van der Waals surface area (Å²) in [7, 11) is 5.57. The third kappa shape index (κ3) is 3.04. The fourth-order valence-corrected chi connectivity index (χ4v) is 1.80. The molecule has 0 amide bonds. The molecule has 0 aromatic heterocycles. The van der Waals surface area contributed by atoms with Gasteiger partial charge in [0.2, 0.25) is 0 Å². The van der Waals surface area contributed by atoms with Gasteiger partial charge in [-0.1, -0.05) is 6.08 Å². The standard InChI is InChI=1S/C11H22N2O2/c1-5-7-11(10(14)15,8-6-9-12)13(2,3)4/h5H,1,6-9,12H2,2-4H3. The van der Waals surface area contributed by atoms with Gasteiger partial charge in [0.25, 0.3) is 0 Å². The highest BCUT2D eigenvalue weighted by molar-refractivity contribution is 5.75. The number of likely N-dealkylation sites (N-methyl/N-ethyl adjacent to an activating group) is 1. The molecule has 4 nitrogen and oxygen atoms in total. The number of hydrogen-bond acceptors (Lipinski definition) is 3. The molecule has 0 bridgehead atoms. The zero-order valence-electron chi connectivity index (χ0n) is 9.95. The second-order valence-corrected chi connectivity index (χ2v) is 4.72. The number of carboxylic acid groups (broad SMARTS) is 1. The highest BCUT2D eigenvalue weighted by Gasteiger charge is 2.42. The van der Waals surface area contributed by atoms with Crippen LogP contribution in [-0.2, 0) is 4.79 Å². The minimum atomic E-state index is -1.02. The quantitative estimate of drug-likeness (QED) is 0.459. The Balaban J connectivity index is 5.07. The monoisotopic (exact) mass is 214 g/mol. The van der Waals surface area contributed by atoms with Crippen LogP contribution in [0.1, 0.15) is 19.3 Å². The first-order valence-corrected chi connectivity index (χ1v) is 5.16. The van der Waals surface area contributed by atoms with Crippen molar-refractivity contribution in [1.82, 2.24) is 0 Å². The van der Waals surface area contributed by atoms with Crippen LogP contribution < -0.4 is 10.8 Å². The van der Waals surface area contributed by atoms with Crippen molar-refractivity contribution >= 4 is 5.97 Å². The van der Waals surface area contributed by atoms with Gasteiger partial charge in [-0.15, -0.1) is 6.58 Å². The molecule has 1 unspecified atom stereocenters. The molecule has 2 N–H and O–H groups in total. The summed E-state index contributed by atoms with van der Waals surface area (Å²) in [4.78, 5) is 11.3. The molecule has 0 aromatic rings. The first kappa shape index (κ1) is 14.1.